The Morgan fingerprint density at radius 3 is 2.46 bits per heavy atom. The number of benzene rings is 3. The molecule has 7 nitrogen and oxygen atoms in total. The second-order valence-electron chi connectivity index (χ2n) is 7.72. The van der Waals surface area contributed by atoms with E-state index in [1.807, 2.05) is 67.6 Å². The minimum absolute atomic E-state index is 0.0179. The molecule has 0 aliphatic rings. The van der Waals surface area contributed by atoms with Gasteiger partial charge in [0.2, 0.25) is 5.91 Å². The lowest BCUT2D eigenvalue weighted by Crippen LogP contribution is -2.14. The van der Waals surface area contributed by atoms with Crippen molar-refractivity contribution in [3.05, 3.63) is 106 Å². The molecule has 4 rings (SSSR count). The van der Waals surface area contributed by atoms with Gasteiger partial charge in [-0.15, -0.1) is 0 Å². The second-order valence-corrected chi connectivity index (χ2v) is 8.69. The largest absolute Gasteiger partial charge is 0.325 e. The van der Waals surface area contributed by atoms with Crippen LogP contribution in [0.4, 0.5) is 11.4 Å². The topological polar surface area (TPSA) is 109 Å². The lowest BCUT2D eigenvalue weighted by atomic mass is 9.99. The minimum Gasteiger partial charge on any atom is -0.325 e. The van der Waals surface area contributed by atoms with Gasteiger partial charge >= 0.3 is 0 Å². The molecule has 8 heteroatoms. The van der Waals surface area contributed by atoms with Crippen LogP contribution in [0.3, 0.4) is 0 Å². The number of nitrogens with zero attached hydrogens (tertiary/aromatic N) is 3. The molecule has 1 amide bonds. The van der Waals surface area contributed by atoms with Gasteiger partial charge in [-0.2, -0.15) is 5.26 Å². The van der Waals surface area contributed by atoms with Crippen molar-refractivity contribution in [3.63, 3.8) is 0 Å². The van der Waals surface area contributed by atoms with Gasteiger partial charge < -0.3 is 5.32 Å². The smallest absolute Gasteiger partial charge is 0.271 e. The number of nitriles is 1. The molecule has 4 aromatic rings. The summed E-state index contributed by atoms with van der Waals surface area (Å²) in [4.78, 5) is 27.8. The lowest BCUT2D eigenvalue weighted by Gasteiger charge is -2.13. The van der Waals surface area contributed by atoms with E-state index in [1.165, 1.54) is 18.2 Å². The number of amides is 1. The highest BCUT2D eigenvalue weighted by atomic mass is 32.2. The zero-order valence-corrected chi connectivity index (χ0v) is 19.6. The summed E-state index contributed by atoms with van der Waals surface area (Å²) in [6, 6.07) is 27.4. The van der Waals surface area contributed by atoms with Gasteiger partial charge in [-0.05, 0) is 24.6 Å². The van der Waals surface area contributed by atoms with Gasteiger partial charge in [0.15, 0.2) is 0 Å². The van der Waals surface area contributed by atoms with Crippen LogP contribution in [0.15, 0.2) is 90.0 Å². The van der Waals surface area contributed by atoms with Crippen molar-refractivity contribution >= 4 is 29.0 Å². The standard InChI is InChI=1S/C27H20N4O3S/c1-18-10-12-20(13-11-18)25-15-23(19-6-3-2-4-7-19)24(16-28)27(30-25)35-17-26(32)29-21-8-5-9-22(14-21)31(33)34/h2-15H,17H2,1H3,(H,29,32). The number of non-ortho nitro benzene ring substituents is 1. The zero-order valence-electron chi connectivity index (χ0n) is 18.8. The number of carbonyl (C=O) groups excluding carboxylic acids is 1. The molecule has 0 fully saturated rings. The average molecular weight is 481 g/mol. The van der Waals surface area contributed by atoms with Crippen LogP contribution in [-0.2, 0) is 4.79 Å². The first-order chi connectivity index (χ1) is 16.9. The van der Waals surface area contributed by atoms with Gasteiger partial charge in [0.1, 0.15) is 11.1 Å². The van der Waals surface area contributed by atoms with Crippen LogP contribution < -0.4 is 5.32 Å². The summed E-state index contributed by atoms with van der Waals surface area (Å²) >= 11 is 1.15. The van der Waals surface area contributed by atoms with Crippen LogP contribution in [0.2, 0.25) is 0 Å². The summed E-state index contributed by atoms with van der Waals surface area (Å²) in [5, 5.41) is 24.1. The van der Waals surface area contributed by atoms with Crippen molar-refractivity contribution in [2.45, 2.75) is 11.9 Å². The number of carbonyl (C=O) groups is 1. The van der Waals surface area contributed by atoms with Crippen molar-refractivity contribution in [1.82, 2.24) is 4.98 Å². The van der Waals surface area contributed by atoms with Crippen LogP contribution in [0.1, 0.15) is 11.1 Å². The Kier molecular flexibility index (Phi) is 7.19. The molecule has 0 spiro atoms. The molecule has 0 bridgehead atoms. The molecule has 0 atom stereocenters. The number of thioether (sulfide) groups is 1. The fourth-order valence-electron chi connectivity index (χ4n) is 3.48. The van der Waals surface area contributed by atoms with Gasteiger partial charge in [-0.1, -0.05) is 78.0 Å². The first-order valence-corrected chi connectivity index (χ1v) is 11.7. The van der Waals surface area contributed by atoms with Gasteiger partial charge in [-0.25, -0.2) is 4.98 Å². The quantitative estimate of drug-likeness (QED) is 0.191. The predicted octanol–water partition coefficient (Wildman–Crippen LogP) is 6.23. The second kappa shape index (κ2) is 10.6. The van der Waals surface area contributed by atoms with Crippen LogP contribution in [0, 0.1) is 28.4 Å². The van der Waals surface area contributed by atoms with E-state index in [0.717, 1.165) is 34.0 Å². The van der Waals surface area contributed by atoms with Crippen LogP contribution in [0.25, 0.3) is 22.4 Å². The molecule has 0 saturated heterocycles. The summed E-state index contributed by atoms with van der Waals surface area (Å²) in [6.07, 6.45) is 0. The SMILES string of the molecule is Cc1ccc(-c2cc(-c3ccccc3)c(C#N)c(SCC(=O)Nc3cccc([N+](=O)[O-])c3)n2)cc1. The monoisotopic (exact) mass is 480 g/mol. The van der Waals surface area contributed by atoms with Gasteiger partial charge in [0.05, 0.1) is 21.9 Å². The van der Waals surface area contributed by atoms with Crippen molar-refractivity contribution in [2.24, 2.45) is 0 Å². The Hall–Kier alpha value is -4.48. The van der Waals surface area contributed by atoms with Gasteiger partial charge in [-0.3, -0.25) is 14.9 Å². The minimum atomic E-state index is -0.519. The van der Waals surface area contributed by atoms with E-state index in [-0.39, 0.29) is 17.3 Å². The first-order valence-electron chi connectivity index (χ1n) is 10.7. The normalized spacial score (nSPS) is 10.4. The zero-order chi connectivity index (χ0) is 24.8. The van der Waals surface area contributed by atoms with Crippen LogP contribution >= 0.6 is 11.8 Å². The molecular formula is C27H20N4O3S. The molecule has 1 heterocycles. The maximum absolute atomic E-state index is 12.6. The molecule has 0 radical (unpaired) electrons. The first kappa shape index (κ1) is 23.7. The molecule has 1 aromatic heterocycles. The third-order valence-electron chi connectivity index (χ3n) is 5.21. The number of hydrogen-bond donors (Lipinski definition) is 1. The Balaban J connectivity index is 1.65. The fraction of sp³-hybridized carbons (Fsp3) is 0.0741. The third kappa shape index (κ3) is 5.72. The molecule has 35 heavy (non-hydrogen) atoms. The average Bonchev–Trinajstić information content (AvgIpc) is 2.88. The maximum Gasteiger partial charge on any atom is 0.271 e. The number of nitro groups is 1. The summed E-state index contributed by atoms with van der Waals surface area (Å²) < 4.78 is 0. The number of rotatable bonds is 7. The summed E-state index contributed by atoms with van der Waals surface area (Å²) in [5.41, 5.74) is 4.95. The van der Waals surface area contributed by atoms with E-state index in [0.29, 0.717) is 22.0 Å². The van der Waals surface area contributed by atoms with Crippen molar-refractivity contribution in [2.75, 3.05) is 11.1 Å². The number of anilines is 1. The van der Waals surface area contributed by atoms with E-state index < -0.39 is 4.92 Å². The van der Waals surface area contributed by atoms with E-state index >= 15 is 0 Å². The highest BCUT2D eigenvalue weighted by molar-refractivity contribution is 8.00. The molecule has 0 aliphatic carbocycles. The Bertz CT molecular complexity index is 1430. The van der Waals surface area contributed by atoms with E-state index in [9.17, 15) is 20.2 Å². The molecular weight excluding hydrogens is 460 g/mol. The van der Waals surface area contributed by atoms with Gasteiger partial charge in [0, 0.05) is 28.9 Å². The summed E-state index contributed by atoms with van der Waals surface area (Å²) in [6.45, 7) is 2.01. The van der Waals surface area contributed by atoms with E-state index in [2.05, 4.69) is 11.4 Å². The van der Waals surface area contributed by atoms with Gasteiger partial charge in [0.25, 0.3) is 5.69 Å². The number of aryl methyl sites for hydroxylation is 1. The summed E-state index contributed by atoms with van der Waals surface area (Å²) in [7, 11) is 0. The van der Waals surface area contributed by atoms with Crippen LogP contribution in [-0.4, -0.2) is 21.6 Å². The van der Waals surface area contributed by atoms with Crippen molar-refractivity contribution in [1.29, 1.82) is 5.26 Å². The molecule has 0 saturated carbocycles. The Morgan fingerprint density at radius 2 is 1.77 bits per heavy atom. The maximum atomic E-state index is 12.6. The van der Waals surface area contributed by atoms with E-state index in [4.69, 9.17) is 4.98 Å². The highest BCUT2D eigenvalue weighted by Gasteiger charge is 2.17. The molecule has 0 unspecified atom stereocenters. The highest BCUT2D eigenvalue weighted by Crippen LogP contribution is 2.34. The molecule has 0 aliphatic heterocycles. The lowest BCUT2D eigenvalue weighted by molar-refractivity contribution is -0.384. The fourth-order valence-corrected chi connectivity index (χ4v) is 4.28. The Labute approximate surface area is 206 Å². The third-order valence-corrected chi connectivity index (χ3v) is 6.19. The number of pyridine rings is 1. The van der Waals surface area contributed by atoms with Crippen LogP contribution in [0.5, 0.6) is 0 Å². The molecule has 172 valence electrons. The number of nitrogens with one attached hydrogen (secondary N) is 1. The number of aromatic nitrogens is 1. The molecule has 1 N–H and O–H groups in total. The number of hydrogen-bond acceptors (Lipinski definition) is 6. The summed E-state index contributed by atoms with van der Waals surface area (Å²) in [5.74, 6) is -0.376. The number of nitro benzene ring substituents is 1. The Morgan fingerprint density at radius 1 is 1.03 bits per heavy atom. The van der Waals surface area contributed by atoms with Crippen molar-refractivity contribution in [3.8, 4) is 28.5 Å². The van der Waals surface area contributed by atoms with E-state index in [1.54, 1.807) is 6.07 Å². The predicted molar refractivity (Wildman–Crippen MR) is 137 cm³/mol. The molecule has 3 aromatic carbocycles. The van der Waals surface area contributed by atoms with Crippen molar-refractivity contribution < 1.29 is 9.72 Å².